The Labute approximate surface area is 111 Å². The predicted molar refractivity (Wildman–Crippen MR) is 68.4 cm³/mol. The van der Waals surface area contributed by atoms with E-state index in [0.717, 1.165) is 4.31 Å². The van der Waals surface area contributed by atoms with Gasteiger partial charge in [-0.2, -0.15) is 4.31 Å². The van der Waals surface area contributed by atoms with Gasteiger partial charge >= 0.3 is 0 Å². The summed E-state index contributed by atoms with van der Waals surface area (Å²) in [5, 5.41) is 0.269. The quantitative estimate of drug-likeness (QED) is 0.790. The molecule has 8 heteroatoms. The molecule has 18 heavy (non-hydrogen) atoms. The highest BCUT2D eigenvalue weighted by Gasteiger charge is 2.22. The van der Waals surface area contributed by atoms with Gasteiger partial charge in [0.1, 0.15) is 0 Å². The summed E-state index contributed by atoms with van der Waals surface area (Å²) in [6.45, 7) is -0.172. The van der Waals surface area contributed by atoms with Crippen molar-refractivity contribution in [3.05, 3.63) is 28.8 Å². The third-order valence-electron chi connectivity index (χ3n) is 2.33. The zero-order chi connectivity index (χ0) is 13.9. The molecule has 0 heterocycles. The maximum atomic E-state index is 12.0. The molecule has 0 fully saturated rings. The summed E-state index contributed by atoms with van der Waals surface area (Å²) in [5.41, 5.74) is 11.0. The lowest BCUT2D eigenvalue weighted by Gasteiger charge is -2.16. The fraction of sp³-hybridized carbons (Fsp3) is 0.300. The lowest BCUT2D eigenvalue weighted by Crippen LogP contribution is -2.35. The molecular weight excluding hydrogens is 278 g/mol. The first-order valence-corrected chi connectivity index (χ1v) is 6.84. The average molecular weight is 292 g/mol. The molecule has 0 saturated heterocycles. The van der Waals surface area contributed by atoms with Gasteiger partial charge in [-0.15, -0.1) is 0 Å². The minimum absolute atomic E-state index is 0.00606. The van der Waals surface area contributed by atoms with Crippen LogP contribution < -0.4 is 11.5 Å². The molecule has 0 spiro atoms. The van der Waals surface area contributed by atoms with Crippen LogP contribution in [0.1, 0.15) is 5.56 Å². The number of amides is 1. The number of carbonyl (C=O) groups excluding carboxylic acids is 1. The Morgan fingerprint density at radius 2 is 2.06 bits per heavy atom. The van der Waals surface area contributed by atoms with Crippen molar-refractivity contribution < 1.29 is 13.2 Å². The number of hydrogen-bond donors (Lipinski definition) is 2. The second-order valence-electron chi connectivity index (χ2n) is 3.68. The van der Waals surface area contributed by atoms with E-state index in [4.69, 9.17) is 23.1 Å². The molecule has 1 aromatic carbocycles. The van der Waals surface area contributed by atoms with E-state index in [9.17, 15) is 13.2 Å². The van der Waals surface area contributed by atoms with Gasteiger partial charge in [0.25, 0.3) is 0 Å². The van der Waals surface area contributed by atoms with Crippen LogP contribution in [0.2, 0.25) is 5.02 Å². The molecule has 0 unspecified atom stereocenters. The van der Waals surface area contributed by atoms with E-state index < -0.39 is 22.5 Å². The molecule has 0 aliphatic rings. The van der Waals surface area contributed by atoms with Crippen molar-refractivity contribution in [3.8, 4) is 0 Å². The second kappa shape index (κ2) is 5.66. The number of nitrogens with two attached hydrogens (primary N) is 2. The van der Waals surface area contributed by atoms with E-state index in [1.165, 1.54) is 25.2 Å². The summed E-state index contributed by atoms with van der Waals surface area (Å²) in [5.74, 6) is -0.731. The van der Waals surface area contributed by atoms with E-state index in [0.29, 0.717) is 5.56 Å². The maximum Gasteiger partial charge on any atom is 0.243 e. The molecule has 100 valence electrons. The Bertz CT molecular complexity index is 559. The molecule has 0 aliphatic carbocycles. The van der Waals surface area contributed by atoms with Crippen molar-refractivity contribution in [2.45, 2.75) is 11.4 Å². The Morgan fingerprint density at radius 3 is 2.50 bits per heavy atom. The Hall–Kier alpha value is -1.15. The molecule has 0 aliphatic heterocycles. The number of halogens is 1. The average Bonchev–Trinajstić information content (AvgIpc) is 2.27. The van der Waals surface area contributed by atoms with Gasteiger partial charge in [0.05, 0.1) is 11.4 Å². The molecule has 0 atom stereocenters. The van der Waals surface area contributed by atoms with Crippen molar-refractivity contribution >= 4 is 27.5 Å². The second-order valence-corrected chi connectivity index (χ2v) is 6.14. The number of rotatable bonds is 5. The van der Waals surface area contributed by atoms with E-state index >= 15 is 0 Å². The number of likely N-dealkylation sites (N-methyl/N-ethyl adjacent to an activating group) is 1. The van der Waals surface area contributed by atoms with Crippen LogP contribution in [0.4, 0.5) is 0 Å². The lowest BCUT2D eigenvalue weighted by atomic mass is 10.2. The zero-order valence-corrected chi connectivity index (χ0v) is 11.3. The third kappa shape index (κ3) is 3.20. The molecule has 1 aromatic rings. The van der Waals surface area contributed by atoms with Crippen LogP contribution in [0.5, 0.6) is 0 Å². The highest BCUT2D eigenvalue weighted by Crippen LogP contribution is 2.22. The first-order chi connectivity index (χ1) is 8.28. The summed E-state index contributed by atoms with van der Waals surface area (Å²) < 4.78 is 25.0. The van der Waals surface area contributed by atoms with Crippen LogP contribution in [-0.2, 0) is 21.4 Å². The van der Waals surface area contributed by atoms with Crippen LogP contribution in [0, 0.1) is 0 Å². The highest BCUT2D eigenvalue weighted by atomic mass is 35.5. The number of hydrogen-bond acceptors (Lipinski definition) is 4. The molecule has 4 N–H and O–H groups in total. The SMILES string of the molecule is CN(CC(N)=O)S(=O)(=O)c1ccc(CN)c(Cl)c1. The third-order valence-corrected chi connectivity index (χ3v) is 4.48. The minimum Gasteiger partial charge on any atom is -0.369 e. The highest BCUT2D eigenvalue weighted by molar-refractivity contribution is 7.89. The van der Waals surface area contributed by atoms with Gasteiger partial charge in [-0.1, -0.05) is 17.7 Å². The fourth-order valence-electron chi connectivity index (χ4n) is 1.34. The molecule has 0 aromatic heterocycles. The number of primary amides is 1. The first-order valence-electron chi connectivity index (χ1n) is 5.02. The molecule has 0 bridgehead atoms. The van der Waals surface area contributed by atoms with E-state index in [2.05, 4.69) is 0 Å². The standard InChI is InChI=1S/C10H14ClN3O3S/c1-14(6-10(13)15)18(16,17)8-3-2-7(5-12)9(11)4-8/h2-4H,5-6,12H2,1H3,(H2,13,15). The molecule has 0 radical (unpaired) electrons. The largest absolute Gasteiger partial charge is 0.369 e. The number of sulfonamides is 1. The normalized spacial score (nSPS) is 11.8. The number of nitrogens with zero attached hydrogens (tertiary/aromatic N) is 1. The van der Waals surface area contributed by atoms with Gasteiger partial charge in [-0.05, 0) is 17.7 Å². The Morgan fingerprint density at radius 1 is 1.44 bits per heavy atom. The molecular formula is C10H14ClN3O3S. The van der Waals surface area contributed by atoms with Gasteiger partial charge in [0.15, 0.2) is 0 Å². The van der Waals surface area contributed by atoms with Crippen molar-refractivity contribution in [3.63, 3.8) is 0 Å². The van der Waals surface area contributed by atoms with Gasteiger partial charge in [-0.3, -0.25) is 4.79 Å². The van der Waals surface area contributed by atoms with E-state index in [-0.39, 0.29) is 16.5 Å². The topological polar surface area (TPSA) is 106 Å². The van der Waals surface area contributed by atoms with E-state index in [1.807, 2.05) is 0 Å². The van der Waals surface area contributed by atoms with Crippen LogP contribution in [0.3, 0.4) is 0 Å². The van der Waals surface area contributed by atoms with Gasteiger partial charge in [0, 0.05) is 18.6 Å². The predicted octanol–water partition coefficient (Wildman–Crippen LogP) is -0.0955. The monoisotopic (exact) mass is 291 g/mol. The van der Waals surface area contributed by atoms with Crippen LogP contribution in [-0.4, -0.2) is 32.2 Å². The van der Waals surface area contributed by atoms with Gasteiger partial charge in [0.2, 0.25) is 15.9 Å². The summed E-state index contributed by atoms with van der Waals surface area (Å²) >= 11 is 5.89. The van der Waals surface area contributed by atoms with Crippen LogP contribution in [0.15, 0.2) is 23.1 Å². The molecule has 1 rings (SSSR count). The van der Waals surface area contributed by atoms with Crippen molar-refractivity contribution in [1.29, 1.82) is 0 Å². The first kappa shape index (κ1) is 14.9. The maximum absolute atomic E-state index is 12.0. The van der Waals surface area contributed by atoms with Crippen molar-refractivity contribution in [2.24, 2.45) is 11.5 Å². The van der Waals surface area contributed by atoms with Gasteiger partial charge in [-0.25, -0.2) is 8.42 Å². The summed E-state index contributed by atoms with van der Waals surface area (Å²) in [4.78, 5) is 10.7. The van der Waals surface area contributed by atoms with Crippen LogP contribution in [0.25, 0.3) is 0 Å². The van der Waals surface area contributed by atoms with Crippen LogP contribution >= 0.6 is 11.6 Å². The lowest BCUT2D eigenvalue weighted by molar-refractivity contribution is -0.118. The minimum atomic E-state index is -3.77. The molecule has 0 saturated carbocycles. The fourth-order valence-corrected chi connectivity index (χ4v) is 2.82. The number of benzene rings is 1. The zero-order valence-electron chi connectivity index (χ0n) is 9.76. The van der Waals surface area contributed by atoms with E-state index in [1.54, 1.807) is 0 Å². The molecule has 1 amide bonds. The Balaban J connectivity index is 3.13. The van der Waals surface area contributed by atoms with Crippen molar-refractivity contribution in [1.82, 2.24) is 4.31 Å². The Kier molecular flexibility index (Phi) is 4.69. The van der Waals surface area contributed by atoms with Crippen molar-refractivity contribution in [2.75, 3.05) is 13.6 Å². The molecule has 6 nitrogen and oxygen atoms in total. The summed E-state index contributed by atoms with van der Waals surface area (Å²) in [6.07, 6.45) is 0. The summed E-state index contributed by atoms with van der Waals surface area (Å²) in [6, 6.07) is 4.23. The summed E-state index contributed by atoms with van der Waals surface area (Å²) in [7, 11) is -2.51. The smallest absolute Gasteiger partial charge is 0.243 e. The van der Waals surface area contributed by atoms with Gasteiger partial charge < -0.3 is 11.5 Å². The number of carbonyl (C=O) groups is 1.